The summed E-state index contributed by atoms with van der Waals surface area (Å²) in [6.07, 6.45) is 0. The number of nitro groups is 1. The van der Waals surface area contributed by atoms with Crippen molar-refractivity contribution in [2.75, 3.05) is 12.5 Å². The van der Waals surface area contributed by atoms with Gasteiger partial charge in [-0.25, -0.2) is 4.39 Å². The van der Waals surface area contributed by atoms with Gasteiger partial charge in [0, 0.05) is 5.88 Å². The maximum absolute atomic E-state index is 13.0. The number of alkyl halides is 1. The Bertz CT molecular complexity index is 467. The fourth-order valence-corrected chi connectivity index (χ4v) is 1.65. The number of ether oxygens (including phenoxy) is 1. The Morgan fingerprint density at radius 1 is 1.65 bits per heavy atom. The molecule has 0 spiro atoms. The van der Waals surface area contributed by atoms with Gasteiger partial charge in [-0.1, -0.05) is 6.58 Å². The molecule has 1 aromatic carbocycles. The number of hydrogen-bond donors (Lipinski definition) is 0. The molecule has 0 unspecified atom stereocenters. The lowest BCUT2D eigenvalue weighted by Gasteiger charge is -2.09. The topological polar surface area (TPSA) is 52.4 Å². The highest BCUT2D eigenvalue weighted by molar-refractivity contribution is 9.10. The molecule has 92 valence electrons. The lowest BCUT2D eigenvalue weighted by atomic mass is 10.3. The fraction of sp³-hybridized carbons (Fsp3) is 0.200. The standard InChI is InChI=1S/C10H8BrClFNO3/c1-6(4-12)5-17-10-8(11)2-7(13)3-9(10)14(15)16/h2-3H,1,4-5H2. The van der Waals surface area contributed by atoms with Crippen molar-refractivity contribution in [2.24, 2.45) is 0 Å². The summed E-state index contributed by atoms with van der Waals surface area (Å²) >= 11 is 8.51. The molecule has 17 heavy (non-hydrogen) atoms. The zero-order chi connectivity index (χ0) is 13.0. The van der Waals surface area contributed by atoms with Crippen molar-refractivity contribution in [3.05, 3.63) is 44.7 Å². The van der Waals surface area contributed by atoms with Crippen molar-refractivity contribution >= 4 is 33.2 Å². The first kappa shape index (κ1) is 13.9. The number of nitro benzene ring substituents is 1. The Kier molecular flexibility index (Phi) is 4.89. The summed E-state index contributed by atoms with van der Waals surface area (Å²) in [5.74, 6) is -0.568. The van der Waals surface area contributed by atoms with E-state index in [0.717, 1.165) is 12.1 Å². The zero-order valence-corrected chi connectivity index (χ0v) is 10.9. The van der Waals surface area contributed by atoms with Gasteiger partial charge in [0.25, 0.3) is 0 Å². The number of halogens is 3. The average molecular weight is 325 g/mol. The molecule has 0 aliphatic heterocycles. The van der Waals surface area contributed by atoms with Crippen molar-refractivity contribution in [1.82, 2.24) is 0 Å². The van der Waals surface area contributed by atoms with E-state index in [-0.39, 0.29) is 22.7 Å². The molecule has 0 saturated carbocycles. The van der Waals surface area contributed by atoms with Gasteiger partial charge in [-0.2, -0.15) is 0 Å². The van der Waals surface area contributed by atoms with Crippen LogP contribution >= 0.6 is 27.5 Å². The molecule has 0 bridgehead atoms. The first-order valence-corrected chi connectivity index (χ1v) is 5.77. The van der Waals surface area contributed by atoms with Crippen LogP contribution in [0.4, 0.5) is 10.1 Å². The van der Waals surface area contributed by atoms with Gasteiger partial charge in [0.15, 0.2) is 0 Å². The van der Waals surface area contributed by atoms with Crippen molar-refractivity contribution in [3.63, 3.8) is 0 Å². The Morgan fingerprint density at radius 2 is 2.29 bits per heavy atom. The van der Waals surface area contributed by atoms with E-state index in [4.69, 9.17) is 16.3 Å². The number of nitrogens with zero attached hydrogens (tertiary/aromatic N) is 1. The molecule has 0 amide bonds. The highest BCUT2D eigenvalue weighted by Crippen LogP contribution is 2.36. The van der Waals surface area contributed by atoms with Crippen LogP contribution in [0.2, 0.25) is 0 Å². The molecule has 7 heteroatoms. The van der Waals surface area contributed by atoms with Crippen LogP contribution in [-0.4, -0.2) is 17.4 Å². The molecular formula is C10H8BrClFNO3. The fourth-order valence-electron chi connectivity index (χ4n) is 1.04. The Morgan fingerprint density at radius 3 is 2.82 bits per heavy atom. The zero-order valence-electron chi connectivity index (χ0n) is 8.58. The summed E-state index contributed by atoms with van der Waals surface area (Å²) < 4.78 is 18.4. The van der Waals surface area contributed by atoms with E-state index in [1.807, 2.05) is 0 Å². The summed E-state index contributed by atoms with van der Waals surface area (Å²) in [4.78, 5) is 10.0. The van der Waals surface area contributed by atoms with Gasteiger partial charge in [0.2, 0.25) is 5.75 Å². The second kappa shape index (κ2) is 5.97. The van der Waals surface area contributed by atoms with Gasteiger partial charge < -0.3 is 4.74 Å². The van der Waals surface area contributed by atoms with E-state index >= 15 is 0 Å². The van der Waals surface area contributed by atoms with Crippen molar-refractivity contribution in [3.8, 4) is 5.75 Å². The van der Waals surface area contributed by atoms with E-state index in [1.54, 1.807) is 0 Å². The molecule has 1 rings (SSSR count). The molecule has 4 nitrogen and oxygen atoms in total. The van der Waals surface area contributed by atoms with Crippen molar-refractivity contribution in [1.29, 1.82) is 0 Å². The monoisotopic (exact) mass is 323 g/mol. The van der Waals surface area contributed by atoms with Gasteiger partial charge in [-0.3, -0.25) is 10.1 Å². The quantitative estimate of drug-likeness (QED) is 0.359. The summed E-state index contributed by atoms with van der Waals surface area (Å²) in [6, 6.07) is 1.88. The molecule has 0 aliphatic rings. The Balaban J connectivity index is 3.04. The van der Waals surface area contributed by atoms with Crippen molar-refractivity contribution < 1.29 is 14.1 Å². The third kappa shape index (κ3) is 3.67. The molecule has 0 aromatic heterocycles. The maximum atomic E-state index is 13.0. The van der Waals surface area contributed by atoms with Crippen LogP contribution < -0.4 is 4.74 Å². The van der Waals surface area contributed by atoms with Crippen LogP contribution in [0.15, 0.2) is 28.8 Å². The van der Waals surface area contributed by atoms with E-state index < -0.39 is 16.4 Å². The molecule has 0 saturated heterocycles. The minimum Gasteiger partial charge on any atom is -0.481 e. The molecule has 0 heterocycles. The summed E-state index contributed by atoms with van der Waals surface area (Å²) in [5.41, 5.74) is 0.122. The second-order valence-electron chi connectivity index (χ2n) is 3.17. The van der Waals surface area contributed by atoms with Crippen molar-refractivity contribution in [2.45, 2.75) is 0 Å². The number of benzene rings is 1. The maximum Gasteiger partial charge on any atom is 0.315 e. The van der Waals surface area contributed by atoms with Crippen LogP contribution in [0.5, 0.6) is 5.75 Å². The van der Waals surface area contributed by atoms with Crippen LogP contribution in [0.25, 0.3) is 0 Å². The van der Waals surface area contributed by atoms with Gasteiger partial charge in [0.05, 0.1) is 15.5 Å². The first-order chi connectivity index (χ1) is 7.95. The van der Waals surface area contributed by atoms with Crippen LogP contribution in [0, 0.1) is 15.9 Å². The summed E-state index contributed by atoms with van der Waals surface area (Å²) in [7, 11) is 0. The minimum atomic E-state index is -0.716. The van der Waals surface area contributed by atoms with Crippen LogP contribution in [0.1, 0.15) is 0 Å². The average Bonchev–Trinajstić information content (AvgIpc) is 2.26. The van der Waals surface area contributed by atoms with Gasteiger partial charge in [-0.05, 0) is 27.6 Å². The third-order valence-corrected chi connectivity index (χ3v) is 2.76. The van der Waals surface area contributed by atoms with Gasteiger partial charge in [-0.15, -0.1) is 11.6 Å². The molecule has 0 atom stereocenters. The Labute approximate surface area is 110 Å². The minimum absolute atomic E-state index is 0.0363. The number of hydrogen-bond acceptors (Lipinski definition) is 3. The molecule has 0 N–H and O–H groups in total. The van der Waals surface area contributed by atoms with E-state index in [1.165, 1.54) is 0 Å². The van der Waals surface area contributed by atoms with E-state index in [9.17, 15) is 14.5 Å². The molecule has 0 aliphatic carbocycles. The number of rotatable bonds is 5. The Hall–Kier alpha value is -1.14. The predicted molar refractivity (Wildman–Crippen MR) is 66.1 cm³/mol. The highest BCUT2D eigenvalue weighted by atomic mass is 79.9. The second-order valence-corrected chi connectivity index (χ2v) is 4.29. The third-order valence-electron chi connectivity index (χ3n) is 1.80. The SMILES string of the molecule is C=C(CCl)COc1c(Br)cc(F)cc1[N+](=O)[O-]. The molecule has 0 fully saturated rings. The normalized spacial score (nSPS) is 10.1. The summed E-state index contributed by atoms with van der Waals surface area (Å²) in [5, 5.41) is 10.7. The van der Waals surface area contributed by atoms with Gasteiger partial charge >= 0.3 is 5.69 Å². The van der Waals surface area contributed by atoms with E-state index in [2.05, 4.69) is 22.5 Å². The lowest BCUT2D eigenvalue weighted by molar-refractivity contribution is -0.386. The van der Waals surface area contributed by atoms with E-state index in [0.29, 0.717) is 5.57 Å². The predicted octanol–water partition coefficient (Wildman–Crippen LogP) is 3.67. The smallest absolute Gasteiger partial charge is 0.315 e. The van der Waals surface area contributed by atoms with Crippen LogP contribution in [-0.2, 0) is 0 Å². The molecule has 1 aromatic rings. The first-order valence-electron chi connectivity index (χ1n) is 4.44. The molecule has 0 radical (unpaired) electrons. The highest BCUT2D eigenvalue weighted by Gasteiger charge is 2.20. The lowest BCUT2D eigenvalue weighted by Crippen LogP contribution is -2.04. The molecular weight excluding hydrogens is 316 g/mol. The van der Waals surface area contributed by atoms with Crippen LogP contribution in [0.3, 0.4) is 0 Å². The summed E-state index contributed by atoms with van der Waals surface area (Å²) in [6.45, 7) is 3.63. The largest absolute Gasteiger partial charge is 0.481 e. The van der Waals surface area contributed by atoms with Gasteiger partial charge in [0.1, 0.15) is 12.4 Å².